The number of amides is 2. The van der Waals surface area contributed by atoms with E-state index >= 15 is 0 Å². The normalized spacial score (nSPS) is 16.4. The van der Waals surface area contributed by atoms with Crippen LogP contribution < -0.4 is 5.32 Å². The van der Waals surface area contributed by atoms with Crippen LogP contribution in [0.3, 0.4) is 0 Å². The second-order valence-electron chi connectivity index (χ2n) is 6.61. The molecule has 0 aliphatic carbocycles. The van der Waals surface area contributed by atoms with Crippen molar-refractivity contribution >= 4 is 17.5 Å². The van der Waals surface area contributed by atoms with Gasteiger partial charge in [0, 0.05) is 18.3 Å². The summed E-state index contributed by atoms with van der Waals surface area (Å²) in [6.45, 7) is 2.83. The topological polar surface area (TPSA) is 86.1 Å². The highest BCUT2D eigenvalue weighted by atomic mass is 16.2. The van der Waals surface area contributed by atoms with Gasteiger partial charge in [-0.1, -0.05) is 13.0 Å². The standard InChI is InChI=1S/C21H22N4O2/c1-2-17-6-3-4-13-25(17)21(27)19-8-5-7-18(24-19)20(26)23-16-11-9-15(14-22)10-12-16/h5,7-12,17H,2-4,6,13H2,1H3,(H,23,26). The van der Waals surface area contributed by atoms with Crippen LogP contribution in [-0.2, 0) is 0 Å². The van der Waals surface area contributed by atoms with Gasteiger partial charge in [-0.05, 0) is 62.1 Å². The fourth-order valence-electron chi connectivity index (χ4n) is 3.34. The first-order valence-corrected chi connectivity index (χ1v) is 9.22. The maximum Gasteiger partial charge on any atom is 0.274 e. The number of benzene rings is 1. The maximum atomic E-state index is 12.9. The van der Waals surface area contributed by atoms with Crippen molar-refractivity contribution in [2.45, 2.75) is 38.6 Å². The molecular formula is C21H22N4O2. The highest BCUT2D eigenvalue weighted by molar-refractivity contribution is 6.03. The number of likely N-dealkylation sites (tertiary alicyclic amines) is 1. The lowest BCUT2D eigenvalue weighted by Crippen LogP contribution is -2.43. The first kappa shape index (κ1) is 18.6. The van der Waals surface area contributed by atoms with Gasteiger partial charge in [0.15, 0.2) is 0 Å². The Labute approximate surface area is 158 Å². The van der Waals surface area contributed by atoms with E-state index in [9.17, 15) is 9.59 Å². The molecule has 1 aliphatic rings. The Morgan fingerprint density at radius 2 is 1.93 bits per heavy atom. The number of rotatable bonds is 4. The maximum absolute atomic E-state index is 12.9. The van der Waals surface area contributed by atoms with Gasteiger partial charge in [-0.3, -0.25) is 9.59 Å². The number of carbonyl (C=O) groups is 2. The number of piperidine rings is 1. The number of aromatic nitrogens is 1. The number of nitriles is 1. The molecule has 1 unspecified atom stereocenters. The monoisotopic (exact) mass is 362 g/mol. The van der Waals surface area contributed by atoms with Crippen LogP contribution in [0.25, 0.3) is 0 Å². The van der Waals surface area contributed by atoms with Crippen LogP contribution in [0.2, 0.25) is 0 Å². The molecule has 1 aromatic carbocycles. The molecule has 3 rings (SSSR count). The Bertz CT molecular complexity index is 870. The largest absolute Gasteiger partial charge is 0.334 e. The van der Waals surface area contributed by atoms with Crippen molar-refractivity contribution in [3.63, 3.8) is 0 Å². The Hall–Kier alpha value is -3.20. The third-order valence-corrected chi connectivity index (χ3v) is 4.83. The number of hydrogen-bond acceptors (Lipinski definition) is 4. The summed E-state index contributed by atoms with van der Waals surface area (Å²) in [4.78, 5) is 31.5. The second-order valence-corrected chi connectivity index (χ2v) is 6.61. The van der Waals surface area contributed by atoms with Gasteiger partial charge in [-0.25, -0.2) is 4.98 Å². The number of anilines is 1. The fourth-order valence-corrected chi connectivity index (χ4v) is 3.34. The second kappa shape index (κ2) is 8.45. The highest BCUT2D eigenvalue weighted by Crippen LogP contribution is 2.21. The van der Waals surface area contributed by atoms with Crippen LogP contribution in [0.4, 0.5) is 5.69 Å². The zero-order chi connectivity index (χ0) is 19.2. The summed E-state index contributed by atoms with van der Waals surface area (Å²) in [6, 6.07) is 13.8. The molecule has 0 radical (unpaired) electrons. The Morgan fingerprint density at radius 3 is 2.63 bits per heavy atom. The first-order chi connectivity index (χ1) is 13.1. The SMILES string of the molecule is CCC1CCCCN1C(=O)c1cccc(C(=O)Nc2ccc(C#N)cc2)n1. The van der Waals surface area contributed by atoms with Gasteiger partial charge in [0.05, 0.1) is 11.6 Å². The van der Waals surface area contributed by atoms with E-state index in [0.717, 1.165) is 32.2 Å². The molecule has 2 amide bonds. The summed E-state index contributed by atoms with van der Waals surface area (Å²) in [5.74, 6) is -0.505. The van der Waals surface area contributed by atoms with Gasteiger partial charge in [0.2, 0.25) is 0 Å². The average molecular weight is 362 g/mol. The quantitative estimate of drug-likeness (QED) is 0.900. The van der Waals surface area contributed by atoms with Crippen LogP contribution in [-0.4, -0.2) is 34.3 Å². The number of pyridine rings is 1. The molecule has 1 aromatic heterocycles. The molecule has 1 saturated heterocycles. The van der Waals surface area contributed by atoms with Crippen LogP contribution in [0.15, 0.2) is 42.5 Å². The smallest absolute Gasteiger partial charge is 0.274 e. The lowest BCUT2D eigenvalue weighted by atomic mass is 9.99. The lowest BCUT2D eigenvalue weighted by molar-refractivity contribution is 0.0602. The van der Waals surface area contributed by atoms with E-state index in [-0.39, 0.29) is 23.6 Å². The molecule has 0 bridgehead atoms. The minimum atomic E-state index is -0.389. The van der Waals surface area contributed by atoms with Gasteiger partial charge in [-0.15, -0.1) is 0 Å². The third kappa shape index (κ3) is 4.32. The molecule has 138 valence electrons. The third-order valence-electron chi connectivity index (χ3n) is 4.83. The predicted molar refractivity (Wildman–Crippen MR) is 102 cm³/mol. The Balaban J connectivity index is 1.75. The molecule has 1 N–H and O–H groups in total. The van der Waals surface area contributed by atoms with Crippen molar-refractivity contribution in [1.29, 1.82) is 5.26 Å². The van der Waals surface area contributed by atoms with Crippen molar-refractivity contribution in [1.82, 2.24) is 9.88 Å². The molecule has 0 saturated carbocycles. The van der Waals surface area contributed by atoms with E-state index in [0.29, 0.717) is 16.9 Å². The van der Waals surface area contributed by atoms with Crippen molar-refractivity contribution in [3.8, 4) is 6.07 Å². The molecule has 2 aromatic rings. The van der Waals surface area contributed by atoms with Crippen LogP contribution in [0.5, 0.6) is 0 Å². The summed E-state index contributed by atoms with van der Waals surface area (Å²) in [5, 5.41) is 11.6. The van der Waals surface area contributed by atoms with Gasteiger partial charge < -0.3 is 10.2 Å². The summed E-state index contributed by atoms with van der Waals surface area (Å²) in [6.07, 6.45) is 4.08. The average Bonchev–Trinajstić information content (AvgIpc) is 2.73. The number of nitrogens with zero attached hydrogens (tertiary/aromatic N) is 3. The molecule has 1 fully saturated rings. The van der Waals surface area contributed by atoms with Crippen molar-refractivity contribution in [2.75, 3.05) is 11.9 Å². The lowest BCUT2D eigenvalue weighted by Gasteiger charge is -2.35. The predicted octanol–water partition coefficient (Wildman–Crippen LogP) is 3.61. The van der Waals surface area contributed by atoms with Crippen molar-refractivity contribution < 1.29 is 9.59 Å². The molecule has 6 nitrogen and oxygen atoms in total. The van der Waals surface area contributed by atoms with Crippen LogP contribution in [0.1, 0.15) is 59.1 Å². The van der Waals surface area contributed by atoms with E-state index in [2.05, 4.69) is 17.2 Å². The molecular weight excluding hydrogens is 340 g/mol. The number of carbonyl (C=O) groups excluding carboxylic acids is 2. The number of hydrogen-bond donors (Lipinski definition) is 1. The molecule has 2 heterocycles. The summed E-state index contributed by atoms with van der Waals surface area (Å²) in [5.41, 5.74) is 1.57. The molecule has 1 aliphatic heterocycles. The fraction of sp³-hybridized carbons (Fsp3) is 0.333. The van der Waals surface area contributed by atoms with Gasteiger partial charge >= 0.3 is 0 Å². The van der Waals surface area contributed by atoms with Gasteiger partial charge in [0.25, 0.3) is 11.8 Å². The highest BCUT2D eigenvalue weighted by Gasteiger charge is 2.27. The van der Waals surface area contributed by atoms with Gasteiger partial charge in [0.1, 0.15) is 11.4 Å². The summed E-state index contributed by atoms with van der Waals surface area (Å²) < 4.78 is 0. The van der Waals surface area contributed by atoms with Crippen LogP contribution >= 0.6 is 0 Å². The molecule has 6 heteroatoms. The first-order valence-electron chi connectivity index (χ1n) is 9.22. The van der Waals surface area contributed by atoms with E-state index in [1.54, 1.807) is 42.5 Å². The minimum absolute atomic E-state index is 0.116. The Morgan fingerprint density at radius 1 is 1.19 bits per heavy atom. The van der Waals surface area contributed by atoms with Crippen molar-refractivity contribution in [2.24, 2.45) is 0 Å². The zero-order valence-corrected chi connectivity index (χ0v) is 15.3. The molecule has 0 spiro atoms. The molecule has 27 heavy (non-hydrogen) atoms. The van der Waals surface area contributed by atoms with Crippen LogP contribution in [0, 0.1) is 11.3 Å². The van der Waals surface area contributed by atoms with Crippen molar-refractivity contribution in [3.05, 3.63) is 59.4 Å². The van der Waals surface area contributed by atoms with Gasteiger partial charge in [-0.2, -0.15) is 5.26 Å². The summed E-state index contributed by atoms with van der Waals surface area (Å²) in [7, 11) is 0. The summed E-state index contributed by atoms with van der Waals surface area (Å²) >= 11 is 0. The van der Waals surface area contributed by atoms with E-state index in [1.165, 1.54) is 0 Å². The van der Waals surface area contributed by atoms with E-state index in [4.69, 9.17) is 5.26 Å². The number of nitrogens with one attached hydrogen (secondary N) is 1. The minimum Gasteiger partial charge on any atom is -0.334 e. The van der Waals surface area contributed by atoms with E-state index < -0.39 is 0 Å². The Kier molecular flexibility index (Phi) is 5.82. The zero-order valence-electron chi connectivity index (χ0n) is 15.3. The van der Waals surface area contributed by atoms with E-state index in [1.807, 2.05) is 11.0 Å². The molecule has 1 atom stereocenters.